The Bertz CT molecular complexity index is 538. The van der Waals surface area contributed by atoms with Crippen LogP contribution in [0.4, 0.5) is 0 Å². The molecule has 0 fully saturated rings. The Balaban J connectivity index is 2.16. The van der Waals surface area contributed by atoms with E-state index in [9.17, 15) is 5.11 Å². The molecular weight excluding hydrogens is 240 g/mol. The number of nitrogens with zero attached hydrogens (tertiary/aromatic N) is 3. The highest BCUT2D eigenvalue weighted by molar-refractivity contribution is 5.34. The number of para-hydroxylation sites is 1. The number of hydrogen-bond acceptors (Lipinski definition) is 4. The van der Waals surface area contributed by atoms with Crippen LogP contribution in [0.1, 0.15) is 43.7 Å². The number of phenolic OH excluding ortho intramolecular Hbond substituents is 1. The Kier molecular flexibility index (Phi) is 4.16. The van der Waals surface area contributed by atoms with Gasteiger partial charge in [0.05, 0.1) is 6.04 Å². The Labute approximate surface area is 113 Å². The molecule has 0 radical (unpaired) electrons. The molecule has 0 saturated heterocycles. The highest BCUT2D eigenvalue weighted by atomic mass is 16.3. The van der Waals surface area contributed by atoms with Gasteiger partial charge in [0.1, 0.15) is 17.9 Å². The summed E-state index contributed by atoms with van der Waals surface area (Å²) in [4.78, 5) is 0. The molecule has 1 heterocycles. The van der Waals surface area contributed by atoms with Crippen molar-refractivity contribution in [2.75, 3.05) is 0 Å². The van der Waals surface area contributed by atoms with Crippen molar-refractivity contribution in [1.29, 1.82) is 0 Å². The van der Waals surface area contributed by atoms with Crippen molar-refractivity contribution < 1.29 is 5.11 Å². The first-order valence-electron chi connectivity index (χ1n) is 6.51. The standard InChI is InChI=1S/C14H20N4O/c1-4-12(11-7-5-6-8-13(11)19)16-10(2)14-17-15-9-18(14)3/h5-10,12,16,19H,4H2,1-3H3. The summed E-state index contributed by atoms with van der Waals surface area (Å²) in [5.74, 6) is 1.21. The molecule has 19 heavy (non-hydrogen) atoms. The van der Waals surface area contributed by atoms with E-state index in [0.717, 1.165) is 17.8 Å². The van der Waals surface area contributed by atoms with E-state index in [-0.39, 0.29) is 12.1 Å². The number of nitrogens with one attached hydrogen (secondary N) is 1. The quantitative estimate of drug-likeness (QED) is 0.866. The third kappa shape index (κ3) is 2.93. The van der Waals surface area contributed by atoms with Crippen LogP contribution in [0.15, 0.2) is 30.6 Å². The van der Waals surface area contributed by atoms with E-state index in [1.54, 1.807) is 12.4 Å². The monoisotopic (exact) mass is 260 g/mol. The van der Waals surface area contributed by atoms with Crippen molar-refractivity contribution in [2.45, 2.75) is 32.4 Å². The van der Waals surface area contributed by atoms with Crippen LogP contribution < -0.4 is 5.32 Å². The largest absolute Gasteiger partial charge is 0.508 e. The van der Waals surface area contributed by atoms with Gasteiger partial charge in [0.25, 0.3) is 0 Å². The van der Waals surface area contributed by atoms with E-state index in [4.69, 9.17) is 0 Å². The van der Waals surface area contributed by atoms with Crippen molar-refractivity contribution in [2.24, 2.45) is 7.05 Å². The molecule has 2 unspecified atom stereocenters. The molecular formula is C14H20N4O. The number of hydrogen-bond donors (Lipinski definition) is 2. The van der Waals surface area contributed by atoms with Crippen LogP contribution in [-0.2, 0) is 7.05 Å². The topological polar surface area (TPSA) is 63.0 Å². The fourth-order valence-electron chi connectivity index (χ4n) is 2.27. The van der Waals surface area contributed by atoms with E-state index in [0.29, 0.717) is 5.75 Å². The molecule has 102 valence electrons. The molecule has 0 aliphatic heterocycles. The molecule has 1 aromatic carbocycles. The lowest BCUT2D eigenvalue weighted by atomic mass is 10.0. The van der Waals surface area contributed by atoms with Crippen molar-refractivity contribution in [3.05, 3.63) is 42.0 Å². The maximum atomic E-state index is 9.94. The fourth-order valence-corrected chi connectivity index (χ4v) is 2.27. The number of benzene rings is 1. The van der Waals surface area contributed by atoms with Crippen LogP contribution >= 0.6 is 0 Å². The van der Waals surface area contributed by atoms with E-state index < -0.39 is 0 Å². The van der Waals surface area contributed by atoms with Gasteiger partial charge in [-0.1, -0.05) is 25.1 Å². The van der Waals surface area contributed by atoms with Gasteiger partial charge >= 0.3 is 0 Å². The average molecular weight is 260 g/mol. The molecule has 0 aliphatic rings. The second-order valence-corrected chi connectivity index (χ2v) is 4.71. The molecule has 2 N–H and O–H groups in total. The molecule has 2 rings (SSSR count). The molecule has 0 saturated carbocycles. The molecule has 0 bridgehead atoms. The first kappa shape index (κ1) is 13.5. The first-order chi connectivity index (χ1) is 9.13. The van der Waals surface area contributed by atoms with Crippen LogP contribution in [-0.4, -0.2) is 19.9 Å². The summed E-state index contributed by atoms with van der Waals surface area (Å²) in [6.45, 7) is 4.14. The number of aromatic nitrogens is 3. The Morgan fingerprint density at radius 1 is 1.37 bits per heavy atom. The third-order valence-corrected chi connectivity index (χ3v) is 3.31. The lowest BCUT2D eigenvalue weighted by Gasteiger charge is -2.22. The summed E-state index contributed by atoms with van der Waals surface area (Å²) >= 11 is 0. The number of phenols is 1. The molecule has 2 aromatic rings. The zero-order chi connectivity index (χ0) is 13.8. The summed E-state index contributed by atoms with van der Waals surface area (Å²) in [6.07, 6.45) is 2.58. The number of rotatable bonds is 5. The van der Waals surface area contributed by atoms with Crippen LogP contribution in [0, 0.1) is 0 Å². The second-order valence-electron chi connectivity index (χ2n) is 4.71. The predicted molar refractivity (Wildman–Crippen MR) is 73.7 cm³/mol. The van der Waals surface area contributed by atoms with E-state index in [2.05, 4.69) is 22.4 Å². The Morgan fingerprint density at radius 3 is 2.68 bits per heavy atom. The van der Waals surface area contributed by atoms with Gasteiger partial charge in [-0.25, -0.2) is 0 Å². The number of aryl methyl sites for hydroxylation is 1. The Hall–Kier alpha value is -1.88. The van der Waals surface area contributed by atoms with Gasteiger partial charge in [-0.2, -0.15) is 0 Å². The van der Waals surface area contributed by atoms with Crippen LogP contribution in [0.2, 0.25) is 0 Å². The van der Waals surface area contributed by atoms with Crippen LogP contribution in [0.25, 0.3) is 0 Å². The van der Waals surface area contributed by atoms with Crippen molar-refractivity contribution >= 4 is 0 Å². The third-order valence-electron chi connectivity index (χ3n) is 3.31. The maximum Gasteiger partial charge on any atom is 0.149 e. The summed E-state index contributed by atoms with van der Waals surface area (Å²) in [5.41, 5.74) is 0.916. The number of aromatic hydroxyl groups is 1. The van der Waals surface area contributed by atoms with Gasteiger partial charge < -0.3 is 15.0 Å². The highest BCUT2D eigenvalue weighted by Gasteiger charge is 2.18. The molecule has 1 aromatic heterocycles. The molecule has 2 atom stereocenters. The van der Waals surface area contributed by atoms with Crippen molar-refractivity contribution in [1.82, 2.24) is 20.1 Å². The average Bonchev–Trinajstić information content (AvgIpc) is 2.83. The minimum absolute atomic E-state index is 0.0667. The second kappa shape index (κ2) is 5.84. The van der Waals surface area contributed by atoms with E-state index in [1.165, 1.54) is 0 Å². The normalized spacial score (nSPS) is 14.3. The maximum absolute atomic E-state index is 9.94. The van der Waals surface area contributed by atoms with Crippen molar-refractivity contribution in [3.8, 4) is 5.75 Å². The first-order valence-corrected chi connectivity index (χ1v) is 6.51. The van der Waals surface area contributed by atoms with Gasteiger partial charge in [-0.3, -0.25) is 0 Å². The van der Waals surface area contributed by atoms with Gasteiger partial charge in [-0.05, 0) is 19.4 Å². The Morgan fingerprint density at radius 2 is 2.11 bits per heavy atom. The zero-order valence-corrected chi connectivity index (χ0v) is 11.5. The fraction of sp³-hybridized carbons (Fsp3) is 0.429. The van der Waals surface area contributed by atoms with E-state index in [1.807, 2.05) is 36.7 Å². The van der Waals surface area contributed by atoms with Crippen LogP contribution in [0.5, 0.6) is 5.75 Å². The van der Waals surface area contributed by atoms with E-state index >= 15 is 0 Å². The SMILES string of the molecule is CCC(NC(C)c1nncn1C)c1ccccc1O. The molecule has 0 amide bonds. The molecule has 0 aliphatic carbocycles. The van der Waals surface area contributed by atoms with Gasteiger partial charge in [0.2, 0.25) is 0 Å². The lowest BCUT2D eigenvalue weighted by molar-refractivity contribution is 0.408. The molecule has 5 heteroatoms. The summed E-state index contributed by atoms with van der Waals surface area (Å²) in [7, 11) is 1.93. The zero-order valence-electron chi connectivity index (χ0n) is 11.5. The van der Waals surface area contributed by atoms with Gasteiger partial charge in [-0.15, -0.1) is 10.2 Å². The minimum atomic E-state index is 0.0667. The predicted octanol–water partition coefficient (Wildman–Crippen LogP) is 2.32. The summed E-state index contributed by atoms with van der Waals surface area (Å²) in [5, 5.41) is 21.4. The van der Waals surface area contributed by atoms with Gasteiger partial charge in [0.15, 0.2) is 0 Å². The molecule has 0 spiro atoms. The lowest BCUT2D eigenvalue weighted by Crippen LogP contribution is -2.26. The minimum Gasteiger partial charge on any atom is -0.508 e. The van der Waals surface area contributed by atoms with Crippen molar-refractivity contribution in [3.63, 3.8) is 0 Å². The smallest absolute Gasteiger partial charge is 0.149 e. The summed E-state index contributed by atoms with van der Waals surface area (Å²) < 4.78 is 1.90. The highest BCUT2D eigenvalue weighted by Crippen LogP contribution is 2.27. The van der Waals surface area contributed by atoms with Crippen LogP contribution in [0.3, 0.4) is 0 Å². The summed E-state index contributed by atoms with van der Waals surface area (Å²) in [6, 6.07) is 7.58. The van der Waals surface area contributed by atoms with Gasteiger partial charge in [0, 0.05) is 18.7 Å². The molecule has 5 nitrogen and oxygen atoms in total.